The molecule has 2 bridgehead atoms. The molecule has 4 nitrogen and oxygen atoms in total. The number of rotatable bonds is 3. The molecule has 0 spiro atoms. The Labute approximate surface area is 136 Å². The zero-order chi connectivity index (χ0) is 16.0. The summed E-state index contributed by atoms with van der Waals surface area (Å²) in [6.07, 6.45) is 6.30. The van der Waals surface area contributed by atoms with Crippen molar-refractivity contribution in [3.63, 3.8) is 0 Å². The van der Waals surface area contributed by atoms with Gasteiger partial charge in [0.05, 0.1) is 5.52 Å². The molecule has 3 aliphatic rings. The Balaban J connectivity index is 1.69. The van der Waals surface area contributed by atoms with Crippen LogP contribution in [0.2, 0.25) is 0 Å². The third-order valence-corrected chi connectivity index (χ3v) is 5.69. The molecule has 1 unspecified atom stereocenters. The summed E-state index contributed by atoms with van der Waals surface area (Å²) < 4.78 is 0. The van der Waals surface area contributed by atoms with Crippen LogP contribution in [0, 0.1) is 11.8 Å². The number of nitrogens with zero attached hydrogens (tertiary/aromatic N) is 2. The second kappa shape index (κ2) is 5.62. The summed E-state index contributed by atoms with van der Waals surface area (Å²) in [4.78, 5) is 6.91. The van der Waals surface area contributed by atoms with Crippen molar-refractivity contribution in [2.75, 3.05) is 13.1 Å². The largest absolute Gasteiger partial charge is 0.508 e. The number of piperidine rings is 3. The number of nitrogens with two attached hydrogens (primary N) is 1. The highest BCUT2D eigenvalue weighted by Crippen LogP contribution is 2.41. The van der Waals surface area contributed by atoms with Crippen LogP contribution >= 0.6 is 0 Å². The van der Waals surface area contributed by atoms with E-state index in [0.717, 1.165) is 36.0 Å². The molecule has 2 aromatic rings. The van der Waals surface area contributed by atoms with Gasteiger partial charge in [0.2, 0.25) is 0 Å². The molecule has 4 heterocycles. The molecule has 5 rings (SSSR count). The molecule has 3 aliphatic heterocycles. The lowest BCUT2D eigenvalue weighted by atomic mass is 9.73. The summed E-state index contributed by atoms with van der Waals surface area (Å²) in [6.45, 7) is 6.18. The second-order valence-corrected chi connectivity index (χ2v) is 6.87. The van der Waals surface area contributed by atoms with Gasteiger partial charge in [-0.15, -0.1) is 6.58 Å². The summed E-state index contributed by atoms with van der Waals surface area (Å²) in [5, 5.41) is 10.8. The van der Waals surface area contributed by atoms with E-state index in [9.17, 15) is 5.11 Å². The van der Waals surface area contributed by atoms with Gasteiger partial charge in [-0.3, -0.25) is 9.88 Å². The third-order valence-electron chi connectivity index (χ3n) is 5.69. The van der Waals surface area contributed by atoms with Gasteiger partial charge in [0, 0.05) is 30.2 Å². The zero-order valence-electron chi connectivity index (χ0n) is 13.2. The maximum absolute atomic E-state index is 9.83. The predicted octanol–water partition coefficient (Wildman–Crippen LogP) is 2.84. The van der Waals surface area contributed by atoms with E-state index in [1.54, 1.807) is 12.1 Å². The lowest BCUT2D eigenvalue weighted by Gasteiger charge is -2.51. The lowest BCUT2D eigenvalue weighted by Crippen LogP contribution is -2.56. The molecule has 0 saturated carbocycles. The maximum Gasteiger partial charge on any atom is 0.116 e. The maximum atomic E-state index is 9.83. The van der Waals surface area contributed by atoms with E-state index in [1.807, 2.05) is 18.3 Å². The van der Waals surface area contributed by atoms with E-state index in [1.165, 1.54) is 6.42 Å². The Morgan fingerprint density at radius 2 is 2.26 bits per heavy atom. The third kappa shape index (κ3) is 2.42. The molecule has 1 aromatic carbocycles. The number of hydrogen-bond donors (Lipinski definition) is 2. The van der Waals surface area contributed by atoms with Gasteiger partial charge in [0.15, 0.2) is 0 Å². The van der Waals surface area contributed by atoms with Crippen molar-refractivity contribution in [1.29, 1.82) is 0 Å². The number of phenols is 1. The van der Waals surface area contributed by atoms with Crippen molar-refractivity contribution in [3.8, 4) is 5.75 Å². The topological polar surface area (TPSA) is 62.4 Å². The van der Waals surface area contributed by atoms with Gasteiger partial charge in [0.25, 0.3) is 0 Å². The van der Waals surface area contributed by atoms with Crippen molar-refractivity contribution in [2.45, 2.75) is 24.9 Å². The van der Waals surface area contributed by atoms with Crippen LogP contribution in [0.1, 0.15) is 24.4 Å². The molecule has 5 atom stereocenters. The fourth-order valence-corrected chi connectivity index (χ4v) is 4.40. The Morgan fingerprint density at radius 3 is 3.00 bits per heavy atom. The summed E-state index contributed by atoms with van der Waals surface area (Å²) in [5.41, 5.74) is 8.65. The first kappa shape index (κ1) is 14.7. The van der Waals surface area contributed by atoms with Gasteiger partial charge in [-0.05, 0) is 61.1 Å². The summed E-state index contributed by atoms with van der Waals surface area (Å²) >= 11 is 0. The highest BCUT2D eigenvalue weighted by molar-refractivity contribution is 5.83. The number of pyridine rings is 1. The van der Waals surface area contributed by atoms with Gasteiger partial charge in [-0.2, -0.15) is 0 Å². The molecule has 0 aliphatic carbocycles. The Kier molecular flexibility index (Phi) is 3.58. The molecular weight excluding hydrogens is 286 g/mol. The quantitative estimate of drug-likeness (QED) is 0.856. The minimum Gasteiger partial charge on any atom is -0.508 e. The van der Waals surface area contributed by atoms with Crippen molar-refractivity contribution in [2.24, 2.45) is 17.6 Å². The first-order valence-electron chi connectivity index (χ1n) is 8.37. The standard InChI is InChI=1S/C19H23N3O/c1-2-12-11-22-8-6-13(12)9-18(22)19(20)15-5-7-21-17-4-3-14(23)10-16(15)17/h2-5,7,10,12-13,18-19,23H,1,6,8-9,11,20H2/t12-,13-,18+,19+/m0/s1. The number of fused-ring (bicyclic) bond motifs is 4. The summed E-state index contributed by atoms with van der Waals surface area (Å²) in [7, 11) is 0. The summed E-state index contributed by atoms with van der Waals surface area (Å²) in [5.74, 6) is 1.57. The average molecular weight is 309 g/mol. The van der Waals surface area contributed by atoms with E-state index in [-0.39, 0.29) is 11.8 Å². The number of phenolic OH excluding ortho intramolecular Hbond substituents is 1. The van der Waals surface area contributed by atoms with Gasteiger partial charge < -0.3 is 10.8 Å². The average Bonchev–Trinajstić information content (AvgIpc) is 2.60. The van der Waals surface area contributed by atoms with Crippen molar-refractivity contribution >= 4 is 10.9 Å². The van der Waals surface area contributed by atoms with Crippen LogP contribution in [0.15, 0.2) is 43.1 Å². The molecule has 0 radical (unpaired) electrons. The van der Waals surface area contributed by atoms with E-state index < -0.39 is 0 Å². The number of benzene rings is 1. The van der Waals surface area contributed by atoms with Crippen LogP contribution in [0.5, 0.6) is 5.75 Å². The number of hydrogen-bond acceptors (Lipinski definition) is 4. The second-order valence-electron chi connectivity index (χ2n) is 6.87. The van der Waals surface area contributed by atoms with E-state index in [0.29, 0.717) is 17.9 Å². The van der Waals surface area contributed by atoms with E-state index in [2.05, 4.69) is 22.5 Å². The fraction of sp³-hybridized carbons (Fsp3) is 0.421. The van der Waals surface area contributed by atoms with Crippen LogP contribution in [-0.2, 0) is 0 Å². The van der Waals surface area contributed by atoms with Gasteiger partial charge in [-0.1, -0.05) is 6.08 Å². The smallest absolute Gasteiger partial charge is 0.116 e. The lowest BCUT2D eigenvalue weighted by molar-refractivity contribution is 0.00749. The molecule has 23 heavy (non-hydrogen) atoms. The fourth-order valence-electron chi connectivity index (χ4n) is 4.40. The van der Waals surface area contributed by atoms with Crippen molar-refractivity contribution in [1.82, 2.24) is 9.88 Å². The van der Waals surface area contributed by atoms with Crippen LogP contribution in [0.25, 0.3) is 10.9 Å². The van der Waals surface area contributed by atoms with Crippen LogP contribution in [-0.4, -0.2) is 34.1 Å². The molecule has 3 fully saturated rings. The summed E-state index contributed by atoms with van der Waals surface area (Å²) in [6, 6.07) is 7.60. The monoisotopic (exact) mass is 309 g/mol. The highest BCUT2D eigenvalue weighted by atomic mass is 16.3. The molecular formula is C19H23N3O. The van der Waals surface area contributed by atoms with Crippen LogP contribution in [0.3, 0.4) is 0 Å². The first-order chi connectivity index (χ1) is 11.2. The van der Waals surface area contributed by atoms with Gasteiger partial charge >= 0.3 is 0 Å². The van der Waals surface area contributed by atoms with Crippen molar-refractivity contribution in [3.05, 3.63) is 48.7 Å². The number of aromatic nitrogens is 1. The van der Waals surface area contributed by atoms with Gasteiger partial charge in [-0.25, -0.2) is 0 Å². The molecule has 0 amide bonds. The normalized spacial score (nSPS) is 31.2. The van der Waals surface area contributed by atoms with Gasteiger partial charge in [0.1, 0.15) is 5.75 Å². The molecule has 1 aromatic heterocycles. The molecule has 3 saturated heterocycles. The van der Waals surface area contributed by atoms with Crippen LogP contribution in [0.4, 0.5) is 0 Å². The SMILES string of the molecule is C=C[C@H]1CN2CC[C@H]1C[C@@H]2[C@H](N)c1ccnc2ccc(O)cc12. The molecule has 3 N–H and O–H groups in total. The van der Waals surface area contributed by atoms with E-state index >= 15 is 0 Å². The first-order valence-corrected chi connectivity index (χ1v) is 8.37. The Morgan fingerprint density at radius 1 is 1.39 bits per heavy atom. The van der Waals surface area contributed by atoms with Crippen molar-refractivity contribution < 1.29 is 5.11 Å². The zero-order valence-corrected chi connectivity index (χ0v) is 13.2. The molecule has 120 valence electrons. The Hall–Kier alpha value is -1.91. The predicted molar refractivity (Wildman–Crippen MR) is 92.1 cm³/mol. The Bertz CT molecular complexity index is 744. The van der Waals surface area contributed by atoms with E-state index in [4.69, 9.17) is 5.73 Å². The minimum atomic E-state index is -0.0594. The highest BCUT2D eigenvalue weighted by Gasteiger charge is 2.41. The minimum absolute atomic E-state index is 0.0594. The van der Waals surface area contributed by atoms with Crippen LogP contribution < -0.4 is 5.73 Å². The number of aromatic hydroxyl groups is 1. The molecule has 4 heteroatoms.